The van der Waals surface area contributed by atoms with E-state index in [1.165, 1.54) is 5.56 Å². The van der Waals surface area contributed by atoms with Crippen LogP contribution >= 0.6 is 12.2 Å². The van der Waals surface area contributed by atoms with E-state index in [9.17, 15) is 8.42 Å². The van der Waals surface area contributed by atoms with Gasteiger partial charge in [0.2, 0.25) is 10.0 Å². The molecule has 1 aliphatic rings. The Hall–Kier alpha value is -1.96. The van der Waals surface area contributed by atoms with Crippen molar-refractivity contribution in [2.75, 3.05) is 31.5 Å². The molecule has 2 aromatic rings. The van der Waals surface area contributed by atoms with Gasteiger partial charge in [0.05, 0.1) is 5.75 Å². The predicted molar refractivity (Wildman–Crippen MR) is 110 cm³/mol. The summed E-state index contributed by atoms with van der Waals surface area (Å²) in [5.74, 6) is 0.0416. The van der Waals surface area contributed by atoms with Crippen LogP contribution in [0.1, 0.15) is 11.1 Å². The van der Waals surface area contributed by atoms with E-state index < -0.39 is 10.0 Å². The highest BCUT2D eigenvalue weighted by Gasteiger charge is 2.27. The molecule has 0 aromatic heterocycles. The third kappa shape index (κ3) is 4.81. The Bertz CT molecular complexity index is 844. The summed E-state index contributed by atoms with van der Waals surface area (Å²) in [4.78, 5) is 2.02. The number of rotatable bonds is 4. The Labute approximate surface area is 160 Å². The van der Waals surface area contributed by atoms with Gasteiger partial charge >= 0.3 is 0 Å². The predicted octanol–water partition coefficient (Wildman–Crippen LogP) is 2.84. The highest BCUT2D eigenvalue weighted by molar-refractivity contribution is 7.88. The maximum Gasteiger partial charge on any atom is 0.218 e. The van der Waals surface area contributed by atoms with Gasteiger partial charge in [0.25, 0.3) is 0 Å². The Balaban J connectivity index is 1.54. The van der Waals surface area contributed by atoms with E-state index in [2.05, 4.69) is 5.32 Å². The van der Waals surface area contributed by atoms with Crippen LogP contribution < -0.4 is 5.32 Å². The van der Waals surface area contributed by atoms with E-state index in [-0.39, 0.29) is 5.75 Å². The maximum absolute atomic E-state index is 12.6. The molecule has 1 N–H and O–H groups in total. The zero-order valence-electron chi connectivity index (χ0n) is 14.8. The third-order valence-corrected chi connectivity index (χ3v) is 6.62. The molecule has 0 saturated carbocycles. The van der Waals surface area contributed by atoms with Crippen LogP contribution in [0.5, 0.6) is 0 Å². The largest absolute Gasteiger partial charge is 0.346 e. The molecule has 0 spiro atoms. The molecule has 0 bridgehead atoms. The average Bonchev–Trinajstić information content (AvgIpc) is 2.64. The number of anilines is 1. The summed E-state index contributed by atoms with van der Waals surface area (Å²) < 4.78 is 26.8. The number of thiocarbonyl (C=S) groups is 1. The van der Waals surface area contributed by atoms with Crippen molar-refractivity contribution in [2.45, 2.75) is 12.7 Å². The number of sulfonamides is 1. The Morgan fingerprint density at radius 3 is 2.23 bits per heavy atom. The Kier molecular flexibility index (Phi) is 5.90. The minimum absolute atomic E-state index is 0.0416. The normalized spacial score (nSPS) is 15.7. The van der Waals surface area contributed by atoms with Crippen LogP contribution in [0.4, 0.5) is 5.69 Å². The summed E-state index contributed by atoms with van der Waals surface area (Å²) in [6.07, 6.45) is 0. The van der Waals surface area contributed by atoms with E-state index in [4.69, 9.17) is 12.2 Å². The zero-order chi connectivity index (χ0) is 18.6. The lowest BCUT2D eigenvalue weighted by molar-refractivity contribution is 0.268. The molecule has 0 aliphatic carbocycles. The van der Waals surface area contributed by atoms with Crippen LogP contribution in [0.2, 0.25) is 0 Å². The summed E-state index contributed by atoms with van der Waals surface area (Å²) >= 11 is 5.47. The van der Waals surface area contributed by atoms with Crippen molar-refractivity contribution in [1.82, 2.24) is 9.21 Å². The van der Waals surface area contributed by atoms with Gasteiger partial charge in [-0.15, -0.1) is 0 Å². The molecule has 3 rings (SSSR count). The monoisotopic (exact) mass is 389 g/mol. The van der Waals surface area contributed by atoms with Crippen molar-refractivity contribution in [3.05, 3.63) is 65.7 Å². The summed E-state index contributed by atoms with van der Waals surface area (Å²) in [7, 11) is -3.31. The highest BCUT2D eigenvalue weighted by Crippen LogP contribution is 2.15. The molecule has 2 aromatic carbocycles. The molecule has 0 atom stereocenters. The van der Waals surface area contributed by atoms with Crippen LogP contribution in [0, 0.1) is 6.92 Å². The minimum Gasteiger partial charge on any atom is -0.346 e. The van der Waals surface area contributed by atoms with E-state index in [1.54, 1.807) is 4.31 Å². The van der Waals surface area contributed by atoms with Gasteiger partial charge in [-0.1, -0.05) is 48.0 Å². The van der Waals surface area contributed by atoms with E-state index >= 15 is 0 Å². The third-order valence-electron chi connectivity index (χ3n) is 4.41. The van der Waals surface area contributed by atoms with Gasteiger partial charge in [-0.25, -0.2) is 8.42 Å². The molecule has 0 amide bonds. The van der Waals surface area contributed by atoms with Gasteiger partial charge in [0, 0.05) is 31.9 Å². The Morgan fingerprint density at radius 1 is 1.00 bits per heavy atom. The number of nitrogens with one attached hydrogen (secondary N) is 1. The van der Waals surface area contributed by atoms with E-state index in [0.29, 0.717) is 31.3 Å². The van der Waals surface area contributed by atoms with E-state index in [1.807, 2.05) is 66.4 Å². The van der Waals surface area contributed by atoms with Gasteiger partial charge in [-0.3, -0.25) is 0 Å². The minimum atomic E-state index is -3.31. The van der Waals surface area contributed by atoms with E-state index in [0.717, 1.165) is 11.3 Å². The summed E-state index contributed by atoms with van der Waals surface area (Å²) in [5, 5.41) is 3.85. The SMILES string of the molecule is Cc1ccc(NC(=S)N2CCN(S(=O)(=O)Cc3ccccc3)CC2)cc1. The van der Waals surface area contributed by atoms with Gasteiger partial charge in [0.1, 0.15) is 0 Å². The molecular weight excluding hydrogens is 366 g/mol. The number of hydrogen-bond acceptors (Lipinski definition) is 3. The average molecular weight is 390 g/mol. The molecule has 5 nitrogen and oxygen atoms in total. The van der Waals surface area contributed by atoms with Gasteiger partial charge in [-0.2, -0.15) is 4.31 Å². The van der Waals surface area contributed by atoms with Crippen molar-refractivity contribution in [3.63, 3.8) is 0 Å². The van der Waals surface area contributed by atoms with Gasteiger partial charge < -0.3 is 10.2 Å². The fraction of sp³-hybridized carbons (Fsp3) is 0.316. The molecular formula is C19H23N3O2S2. The lowest BCUT2D eigenvalue weighted by Gasteiger charge is -2.35. The smallest absolute Gasteiger partial charge is 0.218 e. The zero-order valence-corrected chi connectivity index (χ0v) is 16.4. The standard InChI is InChI=1S/C19H23N3O2S2/c1-16-7-9-18(10-8-16)20-19(25)21-11-13-22(14-12-21)26(23,24)15-17-5-3-2-4-6-17/h2-10H,11-15H2,1H3,(H,20,25). The first-order valence-corrected chi connectivity index (χ1v) is 10.6. The summed E-state index contributed by atoms with van der Waals surface area (Å²) in [5.41, 5.74) is 2.95. The number of piperazine rings is 1. The maximum atomic E-state index is 12.6. The second-order valence-electron chi connectivity index (χ2n) is 6.42. The molecule has 1 aliphatic heterocycles. The second kappa shape index (κ2) is 8.16. The molecule has 26 heavy (non-hydrogen) atoms. The number of aryl methyl sites for hydroxylation is 1. The van der Waals surface area contributed by atoms with Crippen molar-refractivity contribution in [1.29, 1.82) is 0 Å². The number of benzene rings is 2. The first-order chi connectivity index (χ1) is 12.4. The fourth-order valence-electron chi connectivity index (χ4n) is 2.88. The molecule has 138 valence electrons. The lowest BCUT2D eigenvalue weighted by Crippen LogP contribution is -2.51. The van der Waals surface area contributed by atoms with Gasteiger partial charge in [-0.05, 0) is 36.8 Å². The van der Waals surface area contributed by atoms with Crippen molar-refractivity contribution < 1.29 is 8.42 Å². The highest BCUT2D eigenvalue weighted by atomic mass is 32.2. The molecule has 1 heterocycles. The fourth-order valence-corrected chi connectivity index (χ4v) is 4.70. The molecule has 0 unspecified atom stereocenters. The second-order valence-corrected chi connectivity index (χ2v) is 8.78. The van der Waals surface area contributed by atoms with Crippen LogP contribution in [0.3, 0.4) is 0 Å². The Morgan fingerprint density at radius 2 is 1.62 bits per heavy atom. The van der Waals surface area contributed by atoms with Crippen LogP contribution in [-0.4, -0.2) is 48.9 Å². The van der Waals surface area contributed by atoms with Crippen LogP contribution in [0.15, 0.2) is 54.6 Å². The van der Waals surface area contributed by atoms with Gasteiger partial charge in [0.15, 0.2) is 5.11 Å². The van der Waals surface area contributed by atoms with Crippen molar-refractivity contribution in [2.24, 2.45) is 0 Å². The topological polar surface area (TPSA) is 52.6 Å². The first kappa shape index (κ1) is 18.8. The molecule has 1 saturated heterocycles. The lowest BCUT2D eigenvalue weighted by atomic mass is 10.2. The first-order valence-electron chi connectivity index (χ1n) is 8.58. The summed E-state index contributed by atoms with van der Waals surface area (Å²) in [6.45, 7) is 4.12. The molecule has 7 heteroatoms. The van der Waals surface area contributed by atoms with Crippen molar-refractivity contribution >= 4 is 33.0 Å². The van der Waals surface area contributed by atoms with Crippen molar-refractivity contribution in [3.8, 4) is 0 Å². The molecule has 1 fully saturated rings. The number of hydrogen-bond donors (Lipinski definition) is 1. The quantitative estimate of drug-likeness (QED) is 0.815. The van der Waals surface area contributed by atoms with Crippen LogP contribution in [-0.2, 0) is 15.8 Å². The number of nitrogens with zero attached hydrogens (tertiary/aromatic N) is 2. The molecule has 0 radical (unpaired) electrons. The summed E-state index contributed by atoms with van der Waals surface area (Å²) in [6, 6.07) is 17.3. The van der Waals surface area contributed by atoms with Crippen LogP contribution in [0.25, 0.3) is 0 Å².